The Morgan fingerprint density at radius 3 is 2.07 bits per heavy atom. The lowest BCUT2D eigenvalue weighted by molar-refractivity contribution is 0.336. The number of rotatable bonds is 2. The van der Waals surface area contributed by atoms with E-state index in [9.17, 15) is 0 Å². The molecule has 0 radical (unpaired) electrons. The van der Waals surface area contributed by atoms with Gasteiger partial charge in [-0.2, -0.15) is 5.26 Å². The summed E-state index contributed by atoms with van der Waals surface area (Å²) in [6.45, 7) is 6.51. The lowest BCUT2D eigenvalue weighted by Gasteiger charge is -2.07. The highest BCUT2D eigenvalue weighted by Crippen LogP contribution is 2.34. The minimum atomic E-state index is 0.599. The van der Waals surface area contributed by atoms with E-state index in [4.69, 9.17) is 10.00 Å². The molecule has 0 aromatic heterocycles. The fraction of sp³-hybridized carbons (Fsp3) is 0.364. The van der Waals surface area contributed by atoms with E-state index in [1.165, 1.54) is 0 Å². The van der Waals surface area contributed by atoms with Crippen molar-refractivity contribution in [3.63, 3.8) is 0 Å². The second kappa shape index (κ2) is 7.72. The molecule has 4 heteroatoms. The summed E-state index contributed by atoms with van der Waals surface area (Å²) in [5, 5.41) is 8.67. The minimum absolute atomic E-state index is 0.599. The molecule has 0 heterocycles. The summed E-state index contributed by atoms with van der Waals surface area (Å²) in [7, 11) is 0. The second-order valence-electron chi connectivity index (χ2n) is 2.31. The van der Waals surface area contributed by atoms with Crippen LogP contribution in [0.25, 0.3) is 0 Å². The first-order valence-electron chi connectivity index (χ1n) is 4.71. The van der Waals surface area contributed by atoms with Crippen LogP contribution in [0.3, 0.4) is 0 Å². The number of benzene rings is 1. The van der Waals surface area contributed by atoms with Gasteiger partial charge < -0.3 is 4.74 Å². The number of nitrogens with zero attached hydrogens (tertiary/aromatic N) is 1. The van der Waals surface area contributed by atoms with Crippen molar-refractivity contribution in [1.82, 2.24) is 0 Å². The van der Waals surface area contributed by atoms with Crippen LogP contribution in [-0.2, 0) is 0 Å². The number of halogens is 2. The molecule has 82 valence electrons. The quantitative estimate of drug-likeness (QED) is 0.797. The van der Waals surface area contributed by atoms with Crippen LogP contribution >= 0.6 is 31.9 Å². The van der Waals surface area contributed by atoms with Gasteiger partial charge in [-0.25, -0.2) is 0 Å². The van der Waals surface area contributed by atoms with Crippen molar-refractivity contribution in [3.05, 3.63) is 26.6 Å². The van der Waals surface area contributed by atoms with Gasteiger partial charge in [-0.3, -0.25) is 0 Å². The van der Waals surface area contributed by atoms with Crippen LogP contribution in [0, 0.1) is 11.3 Å². The van der Waals surface area contributed by atoms with Gasteiger partial charge in [0, 0.05) is 0 Å². The van der Waals surface area contributed by atoms with Gasteiger partial charge in [0.25, 0.3) is 0 Å². The molecule has 0 atom stereocenters. The summed E-state index contributed by atoms with van der Waals surface area (Å²) >= 11 is 6.67. The van der Waals surface area contributed by atoms with Gasteiger partial charge in [-0.1, -0.05) is 13.8 Å². The molecule has 0 saturated heterocycles. The predicted octanol–water partition coefficient (Wildman–Crippen LogP) is 4.51. The van der Waals surface area contributed by atoms with Crippen molar-refractivity contribution >= 4 is 31.9 Å². The number of hydrogen-bond donors (Lipinski definition) is 0. The average Bonchev–Trinajstić information content (AvgIpc) is 2.26. The fourth-order valence-electron chi connectivity index (χ4n) is 0.907. The molecule has 0 unspecified atom stereocenters. The van der Waals surface area contributed by atoms with E-state index in [-0.39, 0.29) is 0 Å². The SMILES string of the molecule is CC.CCOc1c(Br)cc(C#N)cc1Br. The molecule has 2 nitrogen and oxygen atoms in total. The van der Waals surface area contributed by atoms with E-state index in [1.807, 2.05) is 20.8 Å². The van der Waals surface area contributed by atoms with Crippen molar-refractivity contribution < 1.29 is 4.74 Å². The largest absolute Gasteiger partial charge is 0.492 e. The normalized spacial score (nSPS) is 8.53. The van der Waals surface area contributed by atoms with Gasteiger partial charge in [0.2, 0.25) is 0 Å². The van der Waals surface area contributed by atoms with E-state index in [0.717, 1.165) is 14.7 Å². The van der Waals surface area contributed by atoms with E-state index in [1.54, 1.807) is 12.1 Å². The van der Waals surface area contributed by atoms with Crippen LogP contribution in [0.2, 0.25) is 0 Å². The smallest absolute Gasteiger partial charge is 0.147 e. The summed E-state index contributed by atoms with van der Waals surface area (Å²) < 4.78 is 6.95. The molecule has 0 saturated carbocycles. The first kappa shape index (κ1) is 14.5. The summed E-state index contributed by atoms with van der Waals surface area (Å²) in [6.07, 6.45) is 0. The molecule has 0 fully saturated rings. The highest BCUT2D eigenvalue weighted by molar-refractivity contribution is 9.11. The third kappa shape index (κ3) is 4.23. The van der Waals surface area contributed by atoms with Crippen molar-refractivity contribution in [3.8, 4) is 11.8 Å². The molecule has 0 amide bonds. The number of hydrogen-bond acceptors (Lipinski definition) is 2. The number of nitriles is 1. The molecule has 1 rings (SSSR count). The molecule has 0 N–H and O–H groups in total. The monoisotopic (exact) mass is 333 g/mol. The second-order valence-corrected chi connectivity index (χ2v) is 4.02. The third-order valence-electron chi connectivity index (χ3n) is 1.42. The zero-order valence-corrected chi connectivity index (χ0v) is 12.1. The molecule has 1 aromatic carbocycles. The highest BCUT2D eigenvalue weighted by atomic mass is 79.9. The Morgan fingerprint density at radius 1 is 1.27 bits per heavy atom. The average molecular weight is 335 g/mol. The topological polar surface area (TPSA) is 33.0 Å². The third-order valence-corrected chi connectivity index (χ3v) is 2.59. The lowest BCUT2D eigenvalue weighted by Crippen LogP contribution is -1.94. The van der Waals surface area contributed by atoms with Crippen LogP contribution in [0.15, 0.2) is 21.1 Å². The van der Waals surface area contributed by atoms with Gasteiger partial charge >= 0.3 is 0 Å². The first-order valence-corrected chi connectivity index (χ1v) is 6.29. The molecular formula is C11H13Br2NO. The maximum atomic E-state index is 8.67. The molecule has 0 aliphatic carbocycles. The van der Waals surface area contributed by atoms with Crippen LogP contribution in [-0.4, -0.2) is 6.61 Å². The van der Waals surface area contributed by atoms with Gasteiger partial charge in [-0.15, -0.1) is 0 Å². The van der Waals surface area contributed by atoms with Crippen molar-refractivity contribution in [1.29, 1.82) is 5.26 Å². The maximum absolute atomic E-state index is 8.67. The van der Waals surface area contributed by atoms with Gasteiger partial charge in [0.1, 0.15) is 5.75 Å². The van der Waals surface area contributed by atoms with Crippen LogP contribution in [0.4, 0.5) is 0 Å². The van der Waals surface area contributed by atoms with E-state index in [0.29, 0.717) is 12.2 Å². The summed E-state index contributed by atoms with van der Waals surface area (Å²) in [5.74, 6) is 0.738. The maximum Gasteiger partial charge on any atom is 0.147 e. The minimum Gasteiger partial charge on any atom is -0.492 e. The van der Waals surface area contributed by atoms with Crippen LogP contribution in [0.1, 0.15) is 26.3 Å². The van der Waals surface area contributed by atoms with Gasteiger partial charge in [-0.05, 0) is 50.9 Å². The van der Waals surface area contributed by atoms with Gasteiger partial charge in [0.15, 0.2) is 0 Å². The Balaban J connectivity index is 0.000000921. The summed E-state index contributed by atoms with van der Waals surface area (Å²) in [4.78, 5) is 0. The molecule has 0 aliphatic heterocycles. The standard InChI is InChI=1S/C9H7Br2NO.C2H6/c1-2-13-9-7(10)3-6(5-12)4-8(9)11;1-2/h3-4H,2H2,1H3;1-2H3. The summed E-state index contributed by atoms with van der Waals surface area (Å²) in [6, 6.07) is 5.53. The van der Waals surface area contributed by atoms with E-state index in [2.05, 4.69) is 37.9 Å². The van der Waals surface area contributed by atoms with Crippen LogP contribution < -0.4 is 4.74 Å². The molecule has 0 aliphatic rings. The van der Waals surface area contributed by atoms with Crippen LogP contribution in [0.5, 0.6) is 5.75 Å². The van der Waals surface area contributed by atoms with Gasteiger partial charge in [0.05, 0.1) is 27.2 Å². The molecule has 15 heavy (non-hydrogen) atoms. The Kier molecular flexibility index (Phi) is 7.45. The molecule has 0 bridgehead atoms. The Labute approximate surface area is 108 Å². The van der Waals surface area contributed by atoms with Crippen molar-refractivity contribution in [2.45, 2.75) is 20.8 Å². The Bertz CT molecular complexity index is 335. The van der Waals surface area contributed by atoms with E-state index >= 15 is 0 Å². The molecule has 1 aromatic rings. The first-order chi connectivity index (χ1) is 7.19. The Morgan fingerprint density at radius 2 is 1.73 bits per heavy atom. The van der Waals surface area contributed by atoms with E-state index < -0.39 is 0 Å². The molecule has 0 spiro atoms. The highest BCUT2D eigenvalue weighted by Gasteiger charge is 2.07. The van der Waals surface area contributed by atoms with Crippen molar-refractivity contribution in [2.24, 2.45) is 0 Å². The lowest BCUT2D eigenvalue weighted by atomic mass is 10.2. The Hall–Kier alpha value is -0.530. The fourth-order valence-corrected chi connectivity index (χ4v) is 2.32. The zero-order valence-electron chi connectivity index (χ0n) is 8.97. The molecular weight excluding hydrogens is 322 g/mol. The van der Waals surface area contributed by atoms with Crippen molar-refractivity contribution in [2.75, 3.05) is 6.61 Å². The predicted molar refractivity (Wildman–Crippen MR) is 69.1 cm³/mol. The zero-order chi connectivity index (χ0) is 11.8. The number of ether oxygens (including phenoxy) is 1. The summed E-state index contributed by atoms with van der Waals surface area (Å²) in [5.41, 5.74) is 0.599.